The molecule has 0 saturated carbocycles. The van der Waals surface area contributed by atoms with Crippen LogP contribution in [0.4, 0.5) is 5.69 Å². The summed E-state index contributed by atoms with van der Waals surface area (Å²) in [6, 6.07) is 7.99. The van der Waals surface area contributed by atoms with Crippen molar-refractivity contribution in [3.63, 3.8) is 0 Å². The summed E-state index contributed by atoms with van der Waals surface area (Å²) >= 11 is 1.64. The number of thioether (sulfide) groups is 1. The van der Waals surface area contributed by atoms with Crippen LogP contribution in [0.25, 0.3) is 0 Å². The van der Waals surface area contributed by atoms with Crippen LogP contribution < -0.4 is 11.1 Å². The fourth-order valence-electron chi connectivity index (χ4n) is 1.49. The van der Waals surface area contributed by atoms with Gasteiger partial charge < -0.3 is 11.1 Å². The maximum Gasteiger partial charge on any atom is 0.237 e. The summed E-state index contributed by atoms with van der Waals surface area (Å²) in [5.41, 5.74) is 7.57. The van der Waals surface area contributed by atoms with E-state index in [1.165, 1.54) is 5.56 Å². The molecular weight excluding hydrogens is 244 g/mol. The van der Waals surface area contributed by atoms with E-state index in [2.05, 4.69) is 12.2 Å². The molecule has 0 aromatic heterocycles. The van der Waals surface area contributed by atoms with E-state index in [1.807, 2.05) is 31.2 Å². The number of hydrogen-bond acceptors (Lipinski definition) is 3. The van der Waals surface area contributed by atoms with Crippen LogP contribution in [0.1, 0.15) is 25.8 Å². The van der Waals surface area contributed by atoms with Gasteiger partial charge in [0.2, 0.25) is 5.91 Å². The van der Waals surface area contributed by atoms with Gasteiger partial charge in [-0.3, -0.25) is 4.79 Å². The zero-order valence-corrected chi connectivity index (χ0v) is 11.9. The first-order valence-corrected chi connectivity index (χ1v) is 7.43. The molecule has 0 heterocycles. The largest absolute Gasteiger partial charge is 0.330 e. The predicted molar refractivity (Wildman–Crippen MR) is 80.0 cm³/mol. The van der Waals surface area contributed by atoms with Crippen molar-refractivity contribution in [2.24, 2.45) is 5.73 Å². The summed E-state index contributed by atoms with van der Waals surface area (Å²) in [5, 5.41) is 2.89. The van der Waals surface area contributed by atoms with Crippen molar-refractivity contribution in [2.75, 3.05) is 17.6 Å². The number of amides is 1. The van der Waals surface area contributed by atoms with E-state index in [-0.39, 0.29) is 11.2 Å². The van der Waals surface area contributed by atoms with Crippen molar-refractivity contribution in [3.05, 3.63) is 29.8 Å². The van der Waals surface area contributed by atoms with Gasteiger partial charge in [-0.2, -0.15) is 0 Å². The molecule has 18 heavy (non-hydrogen) atoms. The third kappa shape index (κ3) is 5.10. The molecule has 1 aromatic carbocycles. The molecule has 0 fully saturated rings. The molecule has 3 nitrogen and oxygen atoms in total. The van der Waals surface area contributed by atoms with Crippen molar-refractivity contribution < 1.29 is 4.79 Å². The molecule has 1 aromatic rings. The van der Waals surface area contributed by atoms with Gasteiger partial charge in [-0.05, 0) is 49.8 Å². The Morgan fingerprint density at radius 2 is 2.06 bits per heavy atom. The maximum absolute atomic E-state index is 11.9. The lowest BCUT2D eigenvalue weighted by atomic mass is 10.1. The molecule has 1 unspecified atom stereocenters. The van der Waals surface area contributed by atoms with Gasteiger partial charge in [-0.15, -0.1) is 11.8 Å². The molecule has 100 valence electrons. The number of rotatable bonds is 7. The molecular formula is C14H22N2OS. The zero-order valence-electron chi connectivity index (χ0n) is 11.1. The summed E-state index contributed by atoms with van der Waals surface area (Å²) < 4.78 is 0. The average molecular weight is 266 g/mol. The Morgan fingerprint density at radius 1 is 1.39 bits per heavy atom. The third-order valence-corrected chi connectivity index (χ3v) is 3.95. The quantitative estimate of drug-likeness (QED) is 0.746. The van der Waals surface area contributed by atoms with Gasteiger partial charge in [-0.25, -0.2) is 0 Å². The lowest BCUT2D eigenvalue weighted by Gasteiger charge is -2.12. The Bertz CT molecular complexity index is 365. The van der Waals surface area contributed by atoms with Crippen LogP contribution >= 0.6 is 11.8 Å². The number of hydrogen-bond donors (Lipinski definition) is 2. The summed E-state index contributed by atoms with van der Waals surface area (Å²) in [6.45, 7) is 4.72. The Morgan fingerprint density at radius 3 is 2.61 bits per heavy atom. The van der Waals surface area contributed by atoms with E-state index >= 15 is 0 Å². The molecule has 0 aliphatic carbocycles. The molecule has 4 heteroatoms. The lowest BCUT2D eigenvalue weighted by Crippen LogP contribution is -2.23. The monoisotopic (exact) mass is 266 g/mol. The Kier molecular flexibility index (Phi) is 6.83. The highest BCUT2D eigenvalue weighted by molar-refractivity contribution is 8.00. The summed E-state index contributed by atoms with van der Waals surface area (Å²) in [7, 11) is 0. The highest BCUT2D eigenvalue weighted by atomic mass is 32.2. The fraction of sp³-hybridized carbons (Fsp3) is 0.500. The molecule has 0 aliphatic rings. The Labute approximate surface area is 114 Å². The maximum atomic E-state index is 11.9. The SMILES string of the molecule is CCc1ccc(NC(=O)C(C)SCCCN)cc1. The van der Waals surface area contributed by atoms with E-state index in [0.717, 1.165) is 24.3 Å². The first-order chi connectivity index (χ1) is 8.67. The van der Waals surface area contributed by atoms with E-state index in [1.54, 1.807) is 11.8 Å². The Hall–Kier alpha value is -1.00. The molecule has 0 radical (unpaired) electrons. The number of carbonyl (C=O) groups is 1. The number of benzene rings is 1. The van der Waals surface area contributed by atoms with E-state index < -0.39 is 0 Å². The van der Waals surface area contributed by atoms with Crippen molar-refractivity contribution in [2.45, 2.75) is 31.9 Å². The van der Waals surface area contributed by atoms with Gasteiger partial charge in [0.05, 0.1) is 5.25 Å². The topological polar surface area (TPSA) is 55.1 Å². The number of anilines is 1. The summed E-state index contributed by atoms with van der Waals surface area (Å²) in [5.74, 6) is 0.987. The van der Waals surface area contributed by atoms with Gasteiger partial charge in [0.25, 0.3) is 0 Å². The van der Waals surface area contributed by atoms with Crippen molar-refractivity contribution in [3.8, 4) is 0 Å². The van der Waals surface area contributed by atoms with Crippen molar-refractivity contribution in [1.29, 1.82) is 0 Å². The average Bonchev–Trinajstić information content (AvgIpc) is 2.39. The van der Waals surface area contributed by atoms with Crippen LogP contribution in [0.2, 0.25) is 0 Å². The molecule has 0 aliphatic heterocycles. The zero-order chi connectivity index (χ0) is 13.4. The van der Waals surface area contributed by atoms with Crippen LogP contribution in [-0.2, 0) is 11.2 Å². The number of nitrogens with one attached hydrogen (secondary N) is 1. The molecule has 1 rings (SSSR count). The standard InChI is InChI=1S/C14H22N2OS/c1-3-12-5-7-13(8-6-12)16-14(17)11(2)18-10-4-9-15/h5-8,11H,3-4,9-10,15H2,1-2H3,(H,16,17). The normalized spacial score (nSPS) is 12.2. The fourth-order valence-corrected chi connectivity index (χ4v) is 2.38. The number of carbonyl (C=O) groups excluding carboxylic acids is 1. The molecule has 0 bridgehead atoms. The molecule has 3 N–H and O–H groups in total. The van der Waals surface area contributed by atoms with Crippen LogP contribution in [0, 0.1) is 0 Å². The second-order valence-corrected chi connectivity index (χ2v) is 5.64. The van der Waals surface area contributed by atoms with E-state index in [4.69, 9.17) is 5.73 Å². The van der Waals surface area contributed by atoms with Gasteiger partial charge >= 0.3 is 0 Å². The molecule has 0 spiro atoms. The third-order valence-electron chi connectivity index (χ3n) is 2.72. The lowest BCUT2D eigenvalue weighted by molar-refractivity contribution is -0.115. The van der Waals surface area contributed by atoms with Crippen molar-refractivity contribution >= 4 is 23.4 Å². The predicted octanol–water partition coefficient (Wildman–Crippen LogP) is 2.66. The first-order valence-electron chi connectivity index (χ1n) is 6.38. The number of aryl methyl sites for hydroxylation is 1. The van der Waals surface area contributed by atoms with Crippen LogP contribution in [0.3, 0.4) is 0 Å². The van der Waals surface area contributed by atoms with Crippen molar-refractivity contribution in [1.82, 2.24) is 0 Å². The minimum Gasteiger partial charge on any atom is -0.330 e. The highest BCUT2D eigenvalue weighted by Crippen LogP contribution is 2.15. The molecule has 0 saturated heterocycles. The van der Waals surface area contributed by atoms with Crippen LogP contribution in [-0.4, -0.2) is 23.5 Å². The van der Waals surface area contributed by atoms with E-state index in [0.29, 0.717) is 6.54 Å². The van der Waals surface area contributed by atoms with E-state index in [9.17, 15) is 4.79 Å². The van der Waals surface area contributed by atoms with Gasteiger partial charge in [0.1, 0.15) is 0 Å². The van der Waals surface area contributed by atoms with Gasteiger partial charge in [0, 0.05) is 5.69 Å². The summed E-state index contributed by atoms with van der Waals surface area (Å²) in [6.07, 6.45) is 1.97. The second-order valence-electron chi connectivity index (χ2n) is 4.19. The molecule has 1 atom stereocenters. The summed E-state index contributed by atoms with van der Waals surface area (Å²) in [4.78, 5) is 11.9. The smallest absolute Gasteiger partial charge is 0.237 e. The van der Waals surface area contributed by atoms with Gasteiger partial charge in [-0.1, -0.05) is 19.1 Å². The van der Waals surface area contributed by atoms with Gasteiger partial charge in [0.15, 0.2) is 0 Å². The first kappa shape index (κ1) is 15.1. The van der Waals surface area contributed by atoms with Crippen LogP contribution in [0.5, 0.6) is 0 Å². The second kappa shape index (κ2) is 8.16. The minimum absolute atomic E-state index is 0.0394. The minimum atomic E-state index is -0.0394. The van der Waals surface area contributed by atoms with Crippen LogP contribution in [0.15, 0.2) is 24.3 Å². The molecule has 1 amide bonds. The Balaban J connectivity index is 2.42. The highest BCUT2D eigenvalue weighted by Gasteiger charge is 2.12. The number of nitrogens with two attached hydrogens (primary N) is 1.